The van der Waals surface area contributed by atoms with Crippen molar-refractivity contribution in [2.24, 2.45) is 0 Å². The summed E-state index contributed by atoms with van der Waals surface area (Å²) in [6.07, 6.45) is 5.97. The molecule has 25 heavy (non-hydrogen) atoms. The molecule has 0 bridgehead atoms. The fourth-order valence-corrected chi connectivity index (χ4v) is 2.61. The van der Waals surface area contributed by atoms with E-state index in [0.29, 0.717) is 6.61 Å². The van der Waals surface area contributed by atoms with Crippen LogP contribution in [0.3, 0.4) is 0 Å². The molecule has 0 aliphatic heterocycles. The number of ether oxygens (including phenoxy) is 3. The zero-order valence-corrected chi connectivity index (χ0v) is 15.3. The molecule has 0 atom stereocenters. The molecule has 0 aromatic heterocycles. The first-order valence-corrected chi connectivity index (χ1v) is 9.21. The van der Waals surface area contributed by atoms with Gasteiger partial charge in [-0.2, -0.15) is 0 Å². The van der Waals surface area contributed by atoms with Gasteiger partial charge in [-0.05, 0) is 36.1 Å². The number of rotatable bonds is 13. The van der Waals surface area contributed by atoms with Gasteiger partial charge in [0.05, 0.1) is 20.3 Å². The van der Waals surface area contributed by atoms with Crippen LogP contribution in [0.4, 0.5) is 0 Å². The molecule has 0 N–H and O–H groups in total. The Morgan fingerprint density at radius 2 is 1.12 bits per heavy atom. The molecule has 136 valence electrons. The lowest BCUT2D eigenvalue weighted by atomic mass is 10.1. The minimum Gasteiger partial charge on any atom is -0.497 e. The van der Waals surface area contributed by atoms with Gasteiger partial charge >= 0.3 is 0 Å². The molecule has 0 fully saturated rings. The summed E-state index contributed by atoms with van der Waals surface area (Å²) in [7, 11) is 1.68. The third kappa shape index (κ3) is 8.71. The Hall–Kier alpha value is -1.84. The number of unbranched alkanes of at least 4 members (excludes halogenated alkanes) is 4. The monoisotopic (exact) mass is 342 g/mol. The van der Waals surface area contributed by atoms with E-state index in [4.69, 9.17) is 14.2 Å². The lowest BCUT2D eigenvalue weighted by Crippen LogP contribution is -1.97. The van der Waals surface area contributed by atoms with Crippen LogP contribution in [0.5, 0.6) is 5.75 Å². The topological polar surface area (TPSA) is 27.7 Å². The van der Waals surface area contributed by atoms with Crippen LogP contribution in [0.25, 0.3) is 0 Å². The molecule has 0 radical (unpaired) electrons. The highest BCUT2D eigenvalue weighted by Crippen LogP contribution is 2.12. The summed E-state index contributed by atoms with van der Waals surface area (Å²) in [5.41, 5.74) is 2.44. The van der Waals surface area contributed by atoms with Crippen LogP contribution in [0.2, 0.25) is 0 Å². The average molecular weight is 342 g/mol. The lowest BCUT2D eigenvalue weighted by Gasteiger charge is -2.06. The Morgan fingerprint density at radius 3 is 1.68 bits per heavy atom. The maximum Gasteiger partial charge on any atom is 0.118 e. The molecule has 2 aromatic carbocycles. The third-order valence-corrected chi connectivity index (χ3v) is 4.12. The Bertz CT molecular complexity index is 551. The summed E-state index contributed by atoms with van der Waals surface area (Å²) in [6, 6.07) is 18.4. The van der Waals surface area contributed by atoms with E-state index >= 15 is 0 Å². The largest absolute Gasteiger partial charge is 0.497 e. The van der Waals surface area contributed by atoms with Crippen LogP contribution >= 0.6 is 0 Å². The number of benzene rings is 2. The summed E-state index contributed by atoms with van der Waals surface area (Å²) in [6.45, 7) is 3.08. The van der Waals surface area contributed by atoms with Crippen molar-refractivity contribution in [1.82, 2.24) is 0 Å². The fraction of sp³-hybridized carbons (Fsp3) is 0.455. The van der Waals surface area contributed by atoms with E-state index < -0.39 is 0 Å². The summed E-state index contributed by atoms with van der Waals surface area (Å²) in [4.78, 5) is 0. The standard InChI is InChI=1S/C22H30O3/c1-23-22-14-12-21(13-15-22)19-25-17-9-4-2-3-8-16-24-18-20-10-6-5-7-11-20/h5-7,10-15H,2-4,8-9,16-19H2,1H3. The summed E-state index contributed by atoms with van der Waals surface area (Å²) < 4.78 is 16.6. The SMILES string of the molecule is COc1ccc(COCCCCCCCOCc2ccccc2)cc1. The van der Waals surface area contributed by atoms with Gasteiger partial charge in [0, 0.05) is 13.2 Å². The maximum absolute atomic E-state index is 5.72. The predicted octanol–water partition coefficient (Wildman–Crippen LogP) is 5.38. The van der Waals surface area contributed by atoms with E-state index in [0.717, 1.165) is 38.4 Å². The second-order valence-corrected chi connectivity index (χ2v) is 6.21. The molecule has 0 saturated heterocycles. The van der Waals surface area contributed by atoms with Crippen molar-refractivity contribution in [3.05, 3.63) is 65.7 Å². The predicted molar refractivity (Wildman–Crippen MR) is 102 cm³/mol. The number of hydrogen-bond donors (Lipinski definition) is 0. The highest BCUT2D eigenvalue weighted by atomic mass is 16.5. The van der Waals surface area contributed by atoms with Gasteiger partial charge in [-0.15, -0.1) is 0 Å². The molecule has 0 amide bonds. The lowest BCUT2D eigenvalue weighted by molar-refractivity contribution is 0.112. The van der Waals surface area contributed by atoms with Gasteiger partial charge in [0.15, 0.2) is 0 Å². The minimum atomic E-state index is 0.678. The molecular weight excluding hydrogens is 312 g/mol. The Kier molecular flexibility index (Phi) is 9.75. The van der Waals surface area contributed by atoms with Gasteiger partial charge in [0.25, 0.3) is 0 Å². The van der Waals surface area contributed by atoms with Crippen LogP contribution in [0, 0.1) is 0 Å². The molecule has 0 saturated carbocycles. The Balaban J connectivity index is 1.37. The van der Waals surface area contributed by atoms with Crippen LogP contribution in [0.15, 0.2) is 54.6 Å². The Morgan fingerprint density at radius 1 is 0.600 bits per heavy atom. The first-order valence-electron chi connectivity index (χ1n) is 9.21. The molecule has 2 aromatic rings. The van der Waals surface area contributed by atoms with E-state index in [2.05, 4.69) is 24.3 Å². The van der Waals surface area contributed by atoms with Gasteiger partial charge in [-0.1, -0.05) is 61.7 Å². The summed E-state index contributed by atoms with van der Waals surface area (Å²) in [5, 5.41) is 0. The number of methoxy groups -OCH3 is 1. The van der Waals surface area contributed by atoms with Gasteiger partial charge in [-0.3, -0.25) is 0 Å². The van der Waals surface area contributed by atoms with Crippen LogP contribution in [-0.4, -0.2) is 20.3 Å². The molecule has 0 aliphatic rings. The van der Waals surface area contributed by atoms with Crippen molar-refractivity contribution in [2.45, 2.75) is 45.3 Å². The van der Waals surface area contributed by atoms with E-state index in [-0.39, 0.29) is 0 Å². The Labute approximate surface area is 151 Å². The van der Waals surface area contributed by atoms with Crippen LogP contribution in [0.1, 0.15) is 43.2 Å². The van der Waals surface area contributed by atoms with E-state index in [1.54, 1.807) is 7.11 Å². The zero-order chi connectivity index (χ0) is 17.6. The number of hydrogen-bond acceptors (Lipinski definition) is 3. The molecule has 0 spiro atoms. The molecule has 3 nitrogen and oxygen atoms in total. The van der Waals surface area contributed by atoms with Crippen LogP contribution < -0.4 is 4.74 Å². The van der Waals surface area contributed by atoms with Crippen molar-refractivity contribution >= 4 is 0 Å². The third-order valence-electron chi connectivity index (χ3n) is 4.12. The first-order chi connectivity index (χ1) is 12.4. The van der Waals surface area contributed by atoms with Gasteiger partial charge in [0.2, 0.25) is 0 Å². The normalized spacial score (nSPS) is 10.8. The highest BCUT2D eigenvalue weighted by molar-refractivity contribution is 5.26. The molecule has 2 rings (SSSR count). The summed E-state index contributed by atoms with van der Waals surface area (Å²) in [5.74, 6) is 0.886. The van der Waals surface area contributed by atoms with E-state index in [1.165, 1.54) is 30.4 Å². The first kappa shape index (κ1) is 19.5. The van der Waals surface area contributed by atoms with E-state index in [1.807, 2.05) is 30.3 Å². The molecule has 0 aliphatic carbocycles. The van der Waals surface area contributed by atoms with Crippen molar-refractivity contribution < 1.29 is 14.2 Å². The fourth-order valence-electron chi connectivity index (χ4n) is 2.61. The second-order valence-electron chi connectivity index (χ2n) is 6.21. The molecule has 0 heterocycles. The molecular formula is C22H30O3. The van der Waals surface area contributed by atoms with Gasteiger partial charge in [0.1, 0.15) is 5.75 Å². The van der Waals surface area contributed by atoms with Crippen molar-refractivity contribution in [2.75, 3.05) is 20.3 Å². The highest BCUT2D eigenvalue weighted by Gasteiger charge is 1.96. The molecule has 3 heteroatoms. The van der Waals surface area contributed by atoms with Gasteiger partial charge in [-0.25, -0.2) is 0 Å². The zero-order valence-electron chi connectivity index (χ0n) is 15.3. The van der Waals surface area contributed by atoms with Gasteiger partial charge < -0.3 is 14.2 Å². The van der Waals surface area contributed by atoms with Crippen molar-refractivity contribution in [3.8, 4) is 5.75 Å². The summed E-state index contributed by atoms with van der Waals surface area (Å²) >= 11 is 0. The minimum absolute atomic E-state index is 0.678. The van der Waals surface area contributed by atoms with Crippen LogP contribution in [-0.2, 0) is 22.7 Å². The smallest absolute Gasteiger partial charge is 0.118 e. The molecule has 0 unspecified atom stereocenters. The van der Waals surface area contributed by atoms with Crippen molar-refractivity contribution in [1.29, 1.82) is 0 Å². The maximum atomic E-state index is 5.72. The van der Waals surface area contributed by atoms with E-state index in [9.17, 15) is 0 Å². The quantitative estimate of drug-likeness (QED) is 0.457. The second kappa shape index (κ2) is 12.5. The average Bonchev–Trinajstić information content (AvgIpc) is 2.67. The van der Waals surface area contributed by atoms with Crippen molar-refractivity contribution in [3.63, 3.8) is 0 Å².